The summed E-state index contributed by atoms with van der Waals surface area (Å²) in [6.07, 6.45) is 3.93. The minimum absolute atomic E-state index is 0.864. The fourth-order valence-electron chi connectivity index (χ4n) is 1.77. The third-order valence-electron chi connectivity index (χ3n) is 2.87. The maximum Gasteiger partial charge on any atom is 0.0273 e. The van der Waals surface area contributed by atoms with E-state index >= 15 is 0 Å². The molecule has 1 aliphatic carbocycles. The molecule has 0 N–H and O–H groups in total. The Labute approximate surface area is 83.6 Å². The van der Waals surface area contributed by atoms with E-state index in [-0.39, 0.29) is 0 Å². The summed E-state index contributed by atoms with van der Waals surface area (Å²) in [7, 11) is 0. The Bertz CT molecular complexity index is 407. The average molecular weight is 192 g/mol. The molecule has 1 heteroatoms. The van der Waals surface area contributed by atoms with Gasteiger partial charge in [0.1, 0.15) is 0 Å². The lowest BCUT2D eigenvalue weighted by Gasteiger charge is -1.96. The van der Waals surface area contributed by atoms with Crippen LogP contribution in [-0.2, 0) is 0 Å². The second-order valence-electron chi connectivity index (χ2n) is 3.90. The van der Waals surface area contributed by atoms with Gasteiger partial charge in [0.15, 0.2) is 0 Å². The van der Waals surface area contributed by atoms with Crippen molar-refractivity contribution in [3.8, 4) is 0 Å². The molecule has 0 radical (unpaired) electrons. The van der Waals surface area contributed by atoms with Gasteiger partial charge < -0.3 is 0 Å². The van der Waals surface area contributed by atoms with E-state index in [0.29, 0.717) is 0 Å². The lowest BCUT2D eigenvalue weighted by molar-refractivity contribution is 1.10. The lowest BCUT2D eigenvalue weighted by atomic mass is 10.1. The molecule has 0 spiro atoms. The van der Waals surface area contributed by atoms with Crippen molar-refractivity contribution < 1.29 is 0 Å². The summed E-state index contributed by atoms with van der Waals surface area (Å²) < 4.78 is 1.27. The van der Waals surface area contributed by atoms with E-state index in [4.69, 9.17) is 0 Å². The quantitative estimate of drug-likeness (QED) is 0.675. The molecule has 2 rings (SSSR count). The molecule has 0 amide bonds. The minimum Gasteiger partial charge on any atom is -0.144 e. The molecule has 0 bridgehead atoms. The Morgan fingerprint density at radius 2 is 2.31 bits per heavy atom. The zero-order chi connectivity index (χ0) is 9.42. The molecule has 0 atom stereocenters. The molecule has 1 aromatic rings. The van der Waals surface area contributed by atoms with Crippen molar-refractivity contribution >= 4 is 23.5 Å². The third kappa shape index (κ3) is 1.58. The number of hydrogen-bond donors (Lipinski definition) is 0. The van der Waals surface area contributed by atoms with Crippen LogP contribution in [-0.4, -0.2) is 0 Å². The summed E-state index contributed by atoms with van der Waals surface area (Å²) in [5.74, 6) is 0.864. The summed E-state index contributed by atoms with van der Waals surface area (Å²) in [5.41, 5.74) is 3.09. The monoisotopic (exact) mass is 192 g/mol. The second-order valence-corrected chi connectivity index (χ2v) is 4.86. The van der Waals surface area contributed by atoms with Crippen molar-refractivity contribution in [2.75, 3.05) is 0 Å². The van der Waals surface area contributed by atoms with Crippen molar-refractivity contribution in [3.05, 3.63) is 20.7 Å². The second kappa shape index (κ2) is 3.30. The predicted molar refractivity (Wildman–Crippen MR) is 60.4 cm³/mol. The van der Waals surface area contributed by atoms with Crippen LogP contribution in [0.2, 0.25) is 0 Å². The van der Waals surface area contributed by atoms with Gasteiger partial charge in [-0.3, -0.25) is 0 Å². The first kappa shape index (κ1) is 9.01. The molecule has 1 fully saturated rings. The van der Waals surface area contributed by atoms with Crippen LogP contribution in [0.1, 0.15) is 44.6 Å². The lowest BCUT2D eigenvalue weighted by Crippen LogP contribution is -2.22. The molecule has 1 aromatic heterocycles. The Balaban J connectivity index is 2.65. The van der Waals surface area contributed by atoms with E-state index < -0.39 is 0 Å². The van der Waals surface area contributed by atoms with E-state index in [9.17, 15) is 0 Å². The number of hydrogen-bond acceptors (Lipinski definition) is 1. The molecule has 0 saturated heterocycles. The van der Waals surface area contributed by atoms with Gasteiger partial charge in [-0.2, -0.15) is 0 Å². The van der Waals surface area contributed by atoms with Crippen molar-refractivity contribution in [2.45, 2.75) is 39.0 Å². The van der Waals surface area contributed by atoms with Crippen LogP contribution in [0, 0.1) is 0 Å². The van der Waals surface area contributed by atoms with Gasteiger partial charge in [0.25, 0.3) is 0 Å². The highest BCUT2D eigenvalue weighted by Crippen LogP contribution is 2.38. The van der Waals surface area contributed by atoms with Gasteiger partial charge in [0, 0.05) is 4.53 Å². The van der Waals surface area contributed by atoms with Crippen LogP contribution in [0.25, 0.3) is 12.2 Å². The fourth-order valence-corrected chi connectivity index (χ4v) is 2.76. The normalized spacial score (nSPS) is 18.9. The van der Waals surface area contributed by atoms with E-state index in [2.05, 4.69) is 25.8 Å². The van der Waals surface area contributed by atoms with E-state index in [1.807, 2.05) is 11.3 Å². The Kier molecular flexibility index (Phi) is 2.29. The van der Waals surface area contributed by atoms with E-state index in [1.165, 1.54) is 28.2 Å². The molecule has 0 unspecified atom stereocenters. The Hall–Kier alpha value is -0.560. The largest absolute Gasteiger partial charge is 0.144 e. The molecule has 0 nitrogen and oxygen atoms in total. The highest BCUT2D eigenvalue weighted by atomic mass is 32.1. The summed E-state index contributed by atoms with van der Waals surface area (Å²) in [4.78, 5) is 0. The topological polar surface area (TPSA) is 0 Å². The molecule has 70 valence electrons. The van der Waals surface area contributed by atoms with Crippen LogP contribution in [0.5, 0.6) is 0 Å². The highest BCUT2D eigenvalue weighted by Gasteiger charge is 2.25. The SMILES string of the molecule is C=c1scc(C2CC2)/c1=C(\C)CC. The van der Waals surface area contributed by atoms with Crippen LogP contribution in [0.15, 0.2) is 5.38 Å². The van der Waals surface area contributed by atoms with Crippen molar-refractivity contribution in [1.82, 2.24) is 0 Å². The van der Waals surface area contributed by atoms with Gasteiger partial charge in [-0.05, 0) is 48.3 Å². The molecule has 1 aliphatic rings. The zero-order valence-electron chi connectivity index (χ0n) is 8.39. The Morgan fingerprint density at radius 3 is 2.85 bits per heavy atom. The maximum atomic E-state index is 4.12. The van der Waals surface area contributed by atoms with Gasteiger partial charge in [0.2, 0.25) is 0 Å². The van der Waals surface area contributed by atoms with Gasteiger partial charge in [-0.1, -0.05) is 19.1 Å². The maximum absolute atomic E-state index is 4.12. The molecule has 0 aromatic carbocycles. The molecule has 0 aliphatic heterocycles. The smallest absolute Gasteiger partial charge is 0.0273 e. The fraction of sp³-hybridized carbons (Fsp3) is 0.500. The molecule has 1 heterocycles. The first-order valence-electron chi connectivity index (χ1n) is 5.00. The summed E-state index contributed by atoms with van der Waals surface area (Å²) in [6.45, 7) is 8.58. The van der Waals surface area contributed by atoms with Gasteiger partial charge in [-0.25, -0.2) is 0 Å². The molecule has 1 saturated carbocycles. The highest BCUT2D eigenvalue weighted by molar-refractivity contribution is 7.07. The van der Waals surface area contributed by atoms with Gasteiger partial charge in [0.05, 0.1) is 0 Å². The van der Waals surface area contributed by atoms with Gasteiger partial charge >= 0.3 is 0 Å². The summed E-state index contributed by atoms with van der Waals surface area (Å²) in [6, 6.07) is 0. The number of rotatable bonds is 2. The van der Waals surface area contributed by atoms with Crippen molar-refractivity contribution in [3.63, 3.8) is 0 Å². The number of thiophene rings is 1. The minimum atomic E-state index is 0.864. The van der Waals surface area contributed by atoms with Crippen molar-refractivity contribution in [1.29, 1.82) is 0 Å². The van der Waals surface area contributed by atoms with Gasteiger partial charge in [-0.15, -0.1) is 11.3 Å². The Morgan fingerprint density at radius 1 is 1.62 bits per heavy atom. The van der Waals surface area contributed by atoms with Crippen LogP contribution >= 0.6 is 11.3 Å². The first-order valence-corrected chi connectivity index (χ1v) is 5.88. The standard InChI is InChI=1S/C12H16S/c1-4-8(2)12-9(3)13-7-11(12)10-5-6-10/h7,10H,3-6H2,1-2H3/b12-8+. The third-order valence-corrected chi connectivity index (χ3v) is 3.73. The molecular formula is C12H16S. The summed E-state index contributed by atoms with van der Waals surface area (Å²) >= 11 is 1.81. The van der Waals surface area contributed by atoms with Crippen molar-refractivity contribution in [2.24, 2.45) is 0 Å². The average Bonchev–Trinajstić information content (AvgIpc) is 2.89. The first-order chi connectivity index (χ1) is 6.24. The predicted octanol–water partition coefficient (Wildman–Crippen LogP) is 2.62. The van der Waals surface area contributed by atoms with E-state index in [1.54, 1.807) is 5.56 Å². The van der Waals surface area contributed by atoms with E-state index in [0.717, 1.165) is 12.3 Å². The summed E-state index contributed by atoms with van der Waals surface area (Å²) in [5, 5.41) is 3.80. The van der Waals surface area contributed by atoms with Crippen LogP contribution < -0.4 is 9.75 Å². The van der Waals surface area contributed by atoms with Crippen LogP contribution in [0.4, 0.5) is 0 Å². The zero-order valence-corrected chi connectivity index (χ0v) is 9.21. The molecule has 13 heavy (non-hydrogen) atoms. The van der Waals surface area contributed by atoms with Crippen LogP contribution in [0.3, 0.4) is 0 Å². The molecular weight excluding hydrogens is 176 g/mol.